The molecular formula is C18H15N5O3. The molecule has 1 aliphatic rings. The summed E-state index contributed by atoms with van der Waals surface area (Å²) in [5, 5.41) is 9.31. The van der Waals surface area contributed by atoms with Crippen molar-refractivity contribution in [3.8, 4) is 11.5 Å². The van der Waals surface area contributed by atoms with Crippen molar-refractivity contribution in [2.45, 2.75) is 12.5 Å². The van der Waals surface area contributed by atoms with E-state index in [0.717, 1.165) is 5.75 Å². The van der Waals surface area contributed by atoms with E-state index in [4.69, 9.17) is 4.74 Å². The van der Waals surface area contributed by atoms with Gasteiger partial charge >= 0.3 is 0 Å². The number of fused-ring (bicyclic) bond motifs is 1. The van der Waals surface area contributed by atoms with Gasteiger partial charge in [-0.05, 0) is 36.4 Å². The van der Waals surface area contributed by atoms with Crippen molar-refractivity contribution in [1.29, 1.82) is 0 Å². The summed E-state index contributed by atoms with van der Waals surface area (Å²) in [5.74, 6) is 1.18. The highest BCUT2D eigenvalue weighted by Gasteiger charge is 2.33. The quantitative estimate of drug-likeness (QED) is 0.738. The Bertz CT molecular complexity index is 937. The van der Waals surface area contributed by atoms with Gasteiger partial charge < -0.3 is 10.1 Å². The maximum atomic E-state index is 12.2. The first-order valence-electron chi connectivity index (χ1n) is 8.02. The molecule has 0 saturated heterocycles. The predicted molar refractivity (Wildman–Crippen MR) is 93.9 cm³/mol. The monoisotopic (exact) mass is 349 g/mol. The highest BCUT2D eigenvalue weighted by atomic mass is 16.5. The molecule has 0 radical (unpaired) electrons. The van der Waals surface area contributed by atoms with Crippen molar-refractivity contribution in [1.82, 2.24) is 14.8 Å². The Morgan fingerprint density at radius 2 is 1.85 bits per heavy atom. The van der Waals surface area contributed by atoms with Gasteiger partial charge in [-0.1, -0.05) is 18.2 Å². The summed E-state index contributed by atoms with van der Waals surface area (Å²) >= 11 is 0. The lowest BCUT2D eigenvalue weighted by atomic mass is 10.2. The molecule has 0 spiro atoms. The van der Waals surface area contributed by atoms with Gasteiger partial charge in [0.05, 0.1) is 6.42 Å². The van der Waals surface area contributed by atoms with Crippen molar-refractivity contribution in [3.63, 3.8) is 0 Å². The minimum Gasteiger partial charge on any atom is -0.457 e. The molecule has 3 aromatic rings. The summed E-state index contributed by atoms with van der Waals surface area (Å²) in [6, 6.07) is 15.7. The van der Waals surface area contributed by atoms with Crippen LogP contribution in [0.25, 0.3) is 0 Å². The fourth-order valence-corrected chi connectivity index (χ4v) is 2.67. The second-order valence-electron chi connectivity index (χ2n) is 5.73. The average Bonchev–Trinajstić information content (AvgIpc) is 3.20. The predicted octanol–water partition coefficient (Wildman–Crippen LogP) is 2.59. The van der Waals surface area contributed by atoms with Gasteiger partial charge in [-0.2, -0.15) is 10.1 Å². The van der Waals surface area contributed by atoms with E-state index in [1.807, 2.05) is 30.3 Å². The topological polar surface area (TPSA) is 98.1 Å². The SMILES string of the molecule is O=C(CC1C(=O)Nc2ncnn21)Nc1ccc(Oc2ccccc2)cc1. The molecule has 4 rings (SSSR count). The summed E-state index contributed by atoms with van der Waals surface area (Å²) in [6.45, 7) is 0. The number of aromatic nitrogens is 3. The van der Waals surface area contributed by atoms with E-state index in [0.29, 0.717) is 17.4 Å². The van der Waals surface area contributed by atoms with Gasteiger partial charge in [0.25, 0.3) is 5.91 Å². The molecule has 0 fully saturated rings. The van der Waals surface area contributed by atoms with E-state index < -0.39 is 6.04 Å². The highest BCUT2D eigenvalue weighted by molar-refractivity contribution is 6.00. The third-order valence-electron chi connectivity index (χ3n) is 3.90. The van der Waals surface area contributed by atoms with Crippen molar-refractivity contribution < 1.29 is 14.3 Å². The number of anilines is 2. The standard InChI is InChI=1S/C18H15N5O3/c24-16(10-15-17(25)22-18-19-11-20-23(15)18)21-12-6-8-14(9-7-12)26-13-4-2-1-3-5-13/h1-9,11,15H,10H2,(H,21,24)(H,19,20,22,25). The molecule has 2 N–H and O–H groups in total. The van der Waals surface area contributed by atoms with E-state index in [1.54, 1.807) is 24.3 Å². The van der Waals surface area contributed by atoms with Crippen LogP contribution in [0.4, 0.5) is 11.6 Å². The number of ether oxygens (including phenoxy) is 1. The van der Waals surface area contributed by atoms with Crippen LogP contribution in [0.5, 0.6) is 11.5 Å². The van der Waals surface area contributed by atoms with Crippen LogP contribution in [0, 0.1) is 0 Å². The van der Waals surface area contributed by atoms with E-state index in [1.165, 1.54) is 11.0 Å². The summed E-state index contributed by atoms with van der Waals surface area (Å²) in [5.41, 5.74) is 0.618. The third-order valence-corrected chi connectivity index (χ3v) is 3.90. The molecule has 1 aromatic heterocycles. The maximum Gasteiger partial charge on any atom is 0.252 e. The van der Waals surface area contributed by atoms with Crippen LogP contribution >= 0.6 is 0 Å². The zero-order chi connectivity index (χ0) is 17.9. The first kappa shape index (κ1) is 15.8. The molecule has 2 aromatic carbocycles. The molecule has 0 aliphatic carbocycles. The van der Waals surface area contributed by atoms with Gasteiger partial charge in [-0.15, -0.1) is 0 Å². The van der Waals surface area contributed by atoms with Gasteiger partial charge in [-0.25, -0.2) is 4.68 Å². The van der Waals surface area contributed by atoms with Crippen LogP contribution in [0.3, 0.4) is 0 Å². The Balaban J connectivity index is 1.37. The maximum absolute atomic E-state index is 12.2. The van der Waals surface area contributed by atoms with Gasteiger partial charge in [0.1, 0.15) is 23.9 Å². The molecule has 1 aliphatic heterocycles. The fraction of sp³-hybridized carbons (Fsp3) is 0.111. The molecule has 26 heavy (non-hydrogen) atoms. The number of para-hydroxylation sites is 1. The molecule has 8 heteroatoms. The normalized spacial score (nSPS) is 15.2. The smallest absolute Gasteiger partial charge is 0.252 e. The zero-order valence-corrected chi connectivity index (χ0v) is 13.6. The summed E-state index contributed by atoms with van der Waals surface area (Å²) in [4.78, 5) is 28.0. The number of carbonyl (C=O) groups excluding carboxylic acids is 2. The first-order chi connectivity index (χ1) is 12.7. The summed E-state index contributed by atoms with van der Waals surface area (Å²) in [6.07, 6.45) is 1.32. The number of nitrogens with zero attached hydrogens (tertiary/aromatic N) is 3. The lowest BCUT2D eigenvalue weighted by molar-refractivity contribution is -0.123. The lowest BCUT2D eigenvalue weighted by Gasteiger charge is -2.10. The fourth-order valence-electron chi connectivity index (χ4n) is 2.67. The average molecular weight is 349 g/mol. The van der Waals surface area contributed by atoms with Crippen LogP contribution in [-0.2, 0) is 9.59 Å². The van der Waals surface area contributed by atoms with Gasteiger partial charge in [0, 0.05) is 5.69 Å². The molecule has 1 unspecified atom stereocenters. The van der Waals surface area contributed by atoms with Crippen molar-refractivity contribution in [2.24, 2.45) is 0 Å². The van der Waals surface area contributed by atoms with Crippen LogP contribution in [-0.4, -0.2) is 26.6 Å². The number of amides is 2. The number of hydrogen-bond donors (Lipinski definition) is 2. The molecule has 8 nitrogen and oxygen atoms in total. The Kier molecular flexibility index (Phi) is 4.06. The van der Waals surface area contributed by atoms with Crippen LogP contribution in [0.2, 0.25) is 0 Å². The minimum absolute atomic E-state index is 0.0234. The Hall–Kier alpha value is -3.68. The van der Waals surface area contributed by atoms with E-state index >= 15 is 0 Å². The molecule has 1 atom stereocenters. The Labute approximate surface area is 148 Å². The number of hydrogen-bond acceptors (Lipinski definition) is 5. The first-order valence-corrected chi connectivity index (χ1v) is 8.02. The second-order valence-corrected chi connectivity index (χ2v) is 5.73. The molecular weight excluding hydrogens is 334 g/mol. The molecule has 2 amide bonds. The van der Waals surface area contributed by atoms with E-state index in [2.05, 4.69) is 20.7 Å². The van der Waals surface area contributed by atoms with Crippen LogP contribution in [0.15, 0.2) is 60.9 Å². The largest absolute Gasteiger partial charge is 0.457 e. The molecule has 2 heterocycles. The summed E-state index contributed by atoms with van der Waals surface area (Å²) < 4.78 is 7.12. The Morgan fingerprint density at radius 3 is 2.62 bits per heavy atom. The third kappa shape index (κ3) is 3.25. The van der Waals surface area contributed by atoms with Crippen molar-refractivity contribution >= 4 is 23.5 Å². The Morgan fingerprint density at radius 1 is 1.12 bits per heavy atom. The molecule has 0 bridgehead atoms. The highest BCUT2D eigenvalue weighted by Crippen LogP contribution is 2.25. The number of nitrogens with one attached hydrogen (secondary N) is 2. The number of carbonyl (C=O) groups is 2. The van der Waals surface area contributed by atoms with Crippen LogP contribution in [0.1, 0.15) is 12.5 Å². The zero-order valence-electron chi connectivity index (χ0n) is 13.6. The van der Waals surface area contributed by atoms with E-state index in [9.17, 15) is 9.59 Å². The van der Waals surface area contributed by atoms with Crippen molar-refractivity contribution in [3.05, 3.63) is 60.9 Å². The van der Waals surface area contributed by atoms with Gasteiger partial charge in [0.15, 0.2) is 0 Å². The molecule has 130 valence electrons. The lowest BCUT2D eigenvalue weighted by Crippen LogP contribution is -2.23. The van der Waals surface area contributed by atoms with E-state index in [-0.39, 0.29) is 18.2 Å². The van der Waals surface area contributed by atoms with Crippen LogP contribution < -0.4 is 15.4 Å². The minimum atomic E-state index is -0.687. The number of rotatable bonds is 5. The number of benzene rings is 2. The summed E-state index contributed by atoms with van der Waals surface area (Å²) in [7, 11) is 0. The second kappa shape index (κ2) is 6.67. The van der Waals surface area contributed by atoms with Crippen molar-refractivity contribution in [2.75, 3.05) is 10.6 Å². The molecule has 0 saturated carbocycles. The van der Waals surface area contributed by atoms with Gasteiger partial charge in [0.2, 0.25) is 11.9 Å². The van der Waals surface area contributed by atoms with Gasteiger partial charge in [-0.3, -0.25) is 14.9 Å².